The number of halogens is 1. The van der Waals surface area contributed by atoms with E-state index < -0.39 is 0 Å². The summed E-state index contributed by atoms with van der Waals surface area (Å²) in [6, 6.07) is 3.84. The molecule has 0 bridgehead atoms. The van der Waals surface area contributed by atoms with Gasteiger partial charge in [-0.2, -0.15) is 0 Å². The van der Waals surface area contributed by atoms with Gasteiger partial charge in [-0.15, -0.1) is 0 Å². The van der Waals surface area contributed by atoms with Crippen molar-refractivity contribution in [2.24, 2.45) is 0 Å². The van der Waals surface area contributed by atoms with Gasteiger partial charge in [0.25, 0.3) is 0 Å². The topological polar surface area (TPSA) is 41.6 Å². The molecule has 3 nitrogen and oxygen atoms in total. The van der Waals surface area contributed by atoms with Crippen molar-refractivity contribution in [2.75, 3.05) is 0 Å². The number of hydrogen-bond acceptors (Lipinski definition) is 2. The van der Waals surface area contributed by atoms with Gasteiger partial charge in [0.1, 0.15) is 10.3 Å². The first-order valence-corrected chi connectivity index (χ1v) is 4.26. The average Bonchev–Trinajstić information content (AvgIpc) is 2.53. The molecule has 2 aromatic rings. The quantitative estimate of drug-likeness (QED) is 0.806. The predicted octanol–water partition coefficient (Wildman–Crippen LogP) is 2.23. The van der Waals surface area contributed by atoms with Crippen LogP contribution in [0.5, 0.6) is 0 Å². The number of H-pyrrole nitrogens is 1. The maximum Gasteiger partial charge on any atom is 0.110 e. The molecule has 0 aliphatic heterocycles. The van der Waals surface area contributed by atoms with Crippen molar-refractivity contribution >= 4 is 15.9 Å². The van der Waals surface area contributed by atoms with Crippen molar-refractivity contribution in [1.29, 1.82) is 0 Å². The van der Waals surface area contributed by atoms with Crippen LogP contribution < -0.4 is 0 Å². The lowest BCUT2D eigenvalue weighted by Crippen LogP contribution is -1.78. The lowest BCUT2D eigenvalue weighted by molar-refractivity contribution is 1.29. The third-order valence-corrected chi connectivity index (χ3v) is 2.15. The highest BCUT2D eigenvalue weighted by Gasteiger charge is 2.03. The van der Waals surface area contributed by atoms with Crippen molar-refractivity contribution in [3.63, 3.8) is 0 Å². The van der Waals surface area contributed by atoms with E-state index in [1.807, 2.05) is 12.1 Å². The van der Waals surface area contributed by atoms with E-state index in [1.54, 1.807) is 18.7 Å². The first-order chi connectivity index (χ1) is 5.88. The fraction of sp³-hybridized carbons (Fsp3) is 0. The average molecular weight is 224 g/mol. The Hall–Kier alpha value is -1.16. The number of hydrogen-bond donors (Lipinski definition) is 1. The van der Waals surface area contributed by atoms with Gasteiger partial charge in [0.2, 0.25) is 0 Å². The molecule has 0 saturated heterocycles. The smallest absolute Gasteiger partial charge is 0.110 e. The molecule has 60 valence electrons. The molecule has 0 amide bonds. The highest BCUT2D eigenvalue weighted by atomic mass is 79.9. The Bertz CT molecular complexity index is 369. The molecule has 2 heterocycles. The minimum atomic E-state index is 0.897. The van der Waals surface area contributed by atoms with Crippen molar-refractivity contribution in [3.05, 3.63) is 35.5 Å². The highest BCUT2D eigenvalue weighted by Crippen LogP contribution is 2.22. The molecule has 0 aromatic carbocycles. The summed E-state index contributed by atoms with van der Waals surface area (Å²) < 4.78 is 0.897. The highest BCUT2D eigenvalue weighted by molar-refractivity contribution is 9.10. The molecule has 0 aliphatic rings. The number of nitrogens with zero attached hydrogens (tertiary/aromatic N) is 2. The first-order valence-electron chi connectivity index (χ1n) is 3.47. The van der Waals surface area contributed by atoms with Crippen LogP contribution in [0.2, 0.25) is 0 Å². The fourth-order valence-electron chi connectivity index (χ4n) is 0.990. The Kier molecular flexibility index (Phi) is 1.91. The second kappa shape index (κ2) is 3.06. The summed E-state index contributed by atoms with van der Waals surface area (Å²) in [5.41, 5.74) is 1.97. The monoisotopic (exact) mass is 223 g/mol. The van der Waals surface area contributed by atoms with E-state index in [2.05, 4.69) is 30.9 Å². The molecule has 4 heteroatoms. The molecule has 0 atom stereocenters. The van der Waals surface area contributed by atoms with Gasteiger partial charge < -0.3 is 4.98 Å². The molecule has 2 rings (SSSR count). The fourth-order valence-corrected chi connectivity index (χ4v) is 1.42. The van der Waals surface area contributed by atoms with E-state index in [9.17, 15) is 0 Å². The molecule has 12 heavy (non-hydrogen) atoms. The van der Waals surface area contributed by atoms with Crippen LogP contribution in [0.3, 0.4) is 0 Å². The maximum absolute atomic E-state index is 4.16. The largest absolute Gasteiger partial charge is 0.339 e. The van der Waals surface area contributed by atoms with Crippen molar-refractivity contribution in [3.8, 4) is 11.3 Å². The second-order valence-electron chi connectivity index (χ2n) is 2.30. The van der Waals surface area contributed by atoms with Crippen LogP contribution >= 0.6 is 15.9 Å². The van der Waals surface area contributed by atoms with Crippen LogP contribution in [-0.2, 0) is 0 Å². The Morgan fingerprint density at radius 1 is 1.25 bits per heavy atom. The third-order valence-electron chi connectivity index (χ3n) is 1.55. The van der Waals surface area contributed by atoms with Gasteiger partial charge in [-0.25, -0.2) is 4.98 Å². The molecule has 0 spiro atoms. The molecule has 0 fully saturated rings. The van der Waals surface area contributed by atoms with Crippen LogP contribution in [0, 0.1) is 0 Å². The molecular formula is C8H6BrN3. The number of pyridine rings is 1. The first kappa shape index (κ1) is 7.49. The number of imidazole rings is 1. The molecule has 0 unspecified atom stereocenters. The van der Waals surface area contributed by atoms with Gasteiger partial charge in [-0.3, -0.25) is 4.98 Å². The van der Waals surface area contributed by atoms with Gasteiger partial charge in [0.05, 0.1) is 6.33 Å². The van der Waals surface area contributed by atoms with Gasteiger partial charge in [-0.1, -0.05) is 0 Å². The van der Waals surface area contributed by atoms with Crippen molar-refractivity contribution in [1.82, 2.24) is 15.0 Å². The van der Waals surface area contributed by atoms with Crippen molar-refractivity contribution < 1.29 is 0 Å². The zero-order valence-corrected chi connectivity index (χ0v) is 7.75. The minimum absolute atomic E-state index is 0.897. The zero-order valence-electron chi connectivity index (χ0n) is 6.16. The van der Waals surface area contributed by atoms with Crippen LogP contribution in [0.1, 0.15) is 0 Å². The molecule has 0 saturated carbocycles. The van der Waals surface area contributed by atoms with E-state index in [1.165, 1.54) is 0 Å². The summed E-state index contributed by atoms with van der Waals surface area (Å²) in [7, 11) is 0. The van der Waals surface area contributed by atoms with Gasteiger partial charge >= 0.3 is 0 Å². The van der Waals surface area contributed by atoms with Crippen LogP contribution in [0.15, 0.2) is 35.5 Å². The maximum atomic E-state index is 4.16. The minimum Gasteiger partial charge on any atom is -0.339 e. The lowest BCUT2D eigenvalue weighted by Gasteiger charge is -1.94. The van der Waals surface area contributed by atoms with Gasteiger partial charge in [-0.05, 0) is 28.1 Å². The summed E-state index contributed by atoms with van der Waals surface area (Å²) >= 11 is 3.36. The molecule has 1 N–H and O–H groups in total. The molecule has 0 aliphatic carbocycles. The predicted molar refractivity (Wildman–Crippen MR) is 49.5 cm³/mol. The van der Waals surface area contributed by atoms with E-state index in [0.717, 1.165) is 15.9 Å². The van der Waals surface area contributed by atoms with Gasteiger partial charge in [0, 0.05) is 18.0 Å². The van der Waals surface area contributed by atoms with Crippen LogP contribution in [0.25, 0.3) is 11.3 Å². The Labute approximate surface area is 78.0 Å². The zero-order chi connectivity index (χ0) is 8.39. The Morgan fingerprint density at radius 3 is 2.58 bits per heavy atom. The lowest BCUT2D eigenvalue weighted by atomic mass is 10.2. The summed E-state index contributed by atoms with van der Waals surface area (Å²) in [5, 5.41) is 0. The molecular weight excluding hydrogens is 218 g/mol. The van der Waals surface area contributed by atoms with Crippen LogP contribution in [-0.4, -0.2) is 15.0 Å². The van der Waals surface area contributed by atoms with Gasteiger partial charge in [0.15, 0.2) is 0 Å². The van der Waals surface area contributed by atoms with E-state index in [0.29, 0.717) is 0 Å². The Morgan fingerprint density at radius 2 is 2.00 bits per heavy atom. The summed E-state index contributed by atoms with van der Waals surface area (Å²) in [6.45, 7) is 0. The summed E-state index contributed by atoms with van der Waals surface area (Å²) in [6.07, 6.45) is 5.15. The van der Waals surface area contributed by atoms with E-state index in [-0.39, 0.29) is 0 Å². The molecule has 0 radical (unpaired) electrons. The normalized spacial score (nSPS) is 10.1. The summed E-state index contributed by atoms with van der Waals surface area (Å²) in [5.74, 6) is 0. The second-order valence-corrected chi connectivity index (χ2v) is 3.09. The summed E-state index contributed by atoms with van der Waals surface area (Å²) in [4.78, 5) is 11.0. The van der Waals surface area contributed by atoms with Crippen molar-refractivity contribution in [2.45, 2.75) is 0 Å². The van der Waals surface area contributed by atoms with Crippen LogP contribution in [0.4, 0.5) is 0 Å². The van der Waals surface area contributed by atoms with E-state index >= 15 is 0 Å². The van der Waals surface area contributed by atoms with E-state index in [4.69, 9.17) is 0 Å². The number of aromatic nitrogens is 3. The Balaban J connectivity index is 2.51. The number of aromatic amines is 1. The SMILES string of the molecule is Brc1[nH]cnc1-c1ccncc1. The molecule has 2 aromatic heterocycles. The standard InChI is InChI=1S/C8H6BrN3/c9-8-7(11-5-12-8)6-1-3-10-4-2-6/h1-5H,(H,11,12). The number of rotatable bonds is 1. The number of nitrogens with one attached hydrogen (secondary N) is 1. The third kappa shape index (κ3) is 1.25.